The maximum absolute atomic E-state index is 4.49. The van der Waals surface area contributed by atoms with E-state index in [0.717, 1.165) is 13.1 Å². The van der Waals surface area contributed by atoms with Gasteiger partial charge in [-0.2, -0.15) is 11.3 Å². The zero-order valence-electron chi connectivity index (χ0n) is 7.89. The summed E-state index contributed by atoms with van der Waals surface area (Å²) in [4.78, 5) is 1.33. The van der Waals surface area contributed by atoms with Crippen molar-refractivity contribution in [2.75, 3.05) is 0 Å². The predicted molar refractivity (Wildman–Crippen MR) is 61.5 cm³/mol. The Morgan fingerprint density at radius 2 is 1.79 bits per heavy atom. The molecule has 2 aromatic rings. The maximum atomic E-state index is 4.49. The van der Waals surface area contributed by atoms with Crippen molar-refractivity contribution in [3.05, 3.63) is 63.6 Å². The summed E-state index contributed by atoms with van der Waals surface area (Å²) < 4.78 is 0. The number of benzene rings is 1. The molecular formula is C12H12NS-. The van der Waals surface area contributed by atoms with Gasteiger partial charge in [-0.15, -0.1) is 13.1 Å². The molecule has 0 atom stereocenters. The first-order valence-corrected chi connectivity index (χ1v) is 5.53. The quantitative estimate of drug-likeness (QED) is 0.715. The molecule has 1 aromatic heterocycles. The summed E-state index contributed by atoms with van der Waals surface area (Å²) >= 11 is 1.76. The molecule has 2 rings (SSSR count). The van der Waals surface area contributed by atoms with Gasteiger partial charge in [-0.25, -0.2) is 0 Å². The Kier molecular flexibility index (Phi) is 3.33. The summed E-state index contributed by atoms with van der Waals surface area (Å²) in [5.74, 6) is 0. The van der Waals surface area contributed by atoms with E-state index >= 15 is 0 Å². The average Bonchev–Trinajstić information content (AvgIpc) is 2.72. The van der Waals surface area contributed by atoms with Crippen LogP contribution >= 0.6 is 11.3 Å². The van der Waals surface area contributed by atoms with Crippen LogP contribution in [0.15, 0.2) is 47.8 Å². The van der Waals surface area contributed by atoms with E-state index in [2.05, 4.69) is 47.1 Å². The van der Waals surface area contributed by atoms with Crippen LogP contribution in [0, 0.1) is 0 Å². The van der Waals surface area contributed by atoms with Gasteiger partial charge in [0.05, 0.1) is 0 Å². The van der Waals surface area contributed by atoms with Crippen molar-refractivity contribution in [3.63, 3.8) is 0 Å². The van der Waals surface area contributed by atoms with Gasteiger partial charge in [0.1, 0.15) is 0 Å². The molecule has 0 radical (unpaired) electrons. The lowest BCUT2D eigenvalue weighted by Gasteiger charge is -2.17. The molecule has 2 heteroatoms. The van der Waals surface area contributed by atoms with Crippen molar-refractivity contribution in [1.82, 2.24) is 0 Å². The molecule has 1 heterocycles. The van der Waals surface area contributed by atoms with Crippen LogP contribution in [0.4, 0.5) is 0 Å². The van der Waals surface area contributed by atoms with E-state index in [4.69, 9.17) is 0 Å². The van der Waals surface area contributed by atoms with Gasteiger partial charge >= 0.3 is 0 Å². The summed E-state index contributed by atoms with van der Waals surface area (Å²) in [6, 6.07) is 14.5. The lowest BCUT2D eigenvalue weighted by atomic mass is 10.2. The third-order valence-corrected chi connectivity index (χ3v) is 2.85. The lowest BCUT2D eigenvalue weighted by Crippen LogP contribution is -1.84. The summed E-state index contributed by atoms with van der Waals surface area (Å²) in [6.07, 6.45) is 0. The molecular weight excluding hydrogens is 190 g/mol. The monoisotopic (exact) mass is 202 g/mol. The Bertz CT molecular complexity index is 353. The van der Waals surface area contributed by atoms with E-state index in [1.807, 2.05) is 6.07 Å². The molecule has 0 N–H and O–H groups in total. The molecule has 0 bridgehead atoms. The number of thiophene rings is 1. The normalized spacial score (nSPS) is 10.3. The predicted octanol–water partition coefficient (Wildman–Crippen LogP) is 3.82. The second-order valence-electron chi connectivity index (χ2n) is 3.10. The number of nitrogens with zero attached hydrogens (tertiary/aromatic N) is 1. The van der Waals surface area contributed by atoms with E-state index in [0.29, 0.717) is 0 Å². The molecule has 0 aliphatic heterocycles. The van der Waals surface area contributed by atoms with Crippen LogP contribution in [-0.2, 0) is 13.1 Å². The van der Waals surface area contributed by atoms with Crippen molar-refractivity contribution >= 4 is 11.3 Å². The summed E-state index contributed by atoms with van der Waals surface area (Å²) in [5.41, 5.74) is 1.28. The molecule has 0 amide bonds. The van der Waals surface area contributed by atoms with Gasteiger partial charge in [-0.3, -0.25) is 0 Å². The molecule has 1 aromatic carbocycles. The van der Waals surface area contributed by atoms with Crippen LogP contribution in [0.1, 0.15) is 10.4 Å². The van der Waals surface area contributed by atoms with Crippen LogP contribution in [-0.4, -0.2) is 0 Å². The fourth-order valence-electron chi connectivity index (χ4n) is 1.28. The minimum absolute atomic E-state index is 0.818. The fraction of sp³-hybridized carbons (Fsp3) is 0.167. The third kappa shape index (κ3) is 2.69. The standard InChI is InChI=1S/C12H12NS/c1-2-5-11(6-3-1)9-13-10-12-7-4-8-14-12/h1-8H,9-10H2/q-1. The highest BCUT2D eigenvalue weighted by atomic mass is 32.1. The van der Waals surface area contributed by atoms with Gasteiger partial charge in [0.2, 0.25) is 0 Å². The van der Waals surface area contributed by atoms with Crippen LogP contribution in [0.5, 0.6) is 0 Å². The maximum Gasteiger partial charge on any atom is -0.00911 e. The zero-order valence-corrected chi connectivity index (χ0v) is 8.70. The minimum Gasteiger partial charge on any atom is -0.654 e. The molecule has 14 heavy (non-hydrogen) atoms. The average molecular weight is 202 g/mol. The van der Waals surface area contributed by atoms with Gasteiger partial charge in [0, 0.05) is 0 Å². The van der Waals surface area contributed by atoms with Crippen molar-refractivity contribution in [2.24, 2.45) is 0 Å². The van der Waals surface area contributed by atoms with Crippen molar-refractivity contribution in [3.8, 4) is 0 Å². The molecule has 0 saturated carbocycles. The van der Waals surface area contributed by atoms with E-state index in [9.17, 15) is 0 Å². The SMILES string of the molecule is c1ccc(C[N-]Cc2cccs2)cc1. The first kappa shape index (κ1) is 9.44. The smallest absolute Gasteiger partial charge is 0.00911 e. The molecule has 0 spiro atoms. The van der Waals surface area contributed by atoms with Gasteiger partial charge in [-0.1, -0.05) is 48.0 Å². The van der Waals surface area contributed by atoms with Gasteiger partial charge in [-0.05, 0) is 10.3 Å². The Hall–Kier alpha value is -1.12. The second-order valence-corrected chi connectivity index (χ2v) is 4.14. The van der Waals surface area contributed by atoms with Gasteiger partial charge in [0.25, 0.3) is 0 Å². The highest BCUT2D eigenvalue weighted by molar-refractivity contribution is 7.09. The van der Waals surface area contributed by atoms with E-state index in [1.165, 1.54) is 10.4 Å². The first-order chi connectivity index (χ1) is 6.95. The molecule has 0 unspecified atom stereocenters. The third-order valence-electron chi connectivity index (χ3n) is 1.98. The highest BCUT2D eigenvalue weighted by Gasteiger charge is 1.85. The van der Waals surface area contributed by atoms with E-state index in [1.54, 1.807) is 11.3 Å². The Labute approximate surface area is 88.4 Å². The van der Waals surface area contributed by atoms with E-state index < -0.39 is 0 Å². The summed E-state index contributed by atoms with van der Waals surface area (Å²) in [7, 11) is 0. The Morgan fingerprint density at radius 1 is 0.929 bits per heavy atom. The van der Waals surface area contributed by atoms with Crippen LogP contribution < -0.4 is 0 Å². The van der Waals surface area contributed by atoms with Crippen LogP contribution in [0.2, 0.25) is 0 Å². The molecule has 0 aliphatic rings. The number of hydrogen-bond donors (Lipinski definition) is 0. The minimum atomic E-state index is 0.818. The van der Waals surface area contributed by atoms with Crippen LogP contribution in [0.25, 0.3) is 5.32 Å². The topological polar surface area (TPSA) is 14.1 Å². The highest BCUT2D eigenvalue weighted by Crippen LogP contribution is 2.14. The Balaban J connectivity index is 1.79. The van der Waals surface area contributed by atoms with Crippen LogP contribution in [0.3, 0.4) is 0 Å². The molecule has 72 valence electrons. The molecule has 0 aliphatic carbocycles. The van der Waals surface area contributed by atoms with Crippen molar-refractivity contribution < 1.29 is 0 Å². The molecule has 1 nitrogen and oxygen atoms in total. The van der Waals surface area contributed by atoms with Gasteiger partial charge < -0.3 is 5.32 Å². The number of hydrogen-bond acceptors (Lipinski definition) is 1. The summed E-state index contributed by atoms with van der Waals surface area (Å²) in [5, 5.41) is 6.59. The number of rotatable bonds is 4. The lowest BCUT2D eigenvalue weighted by molar-refractivity contribution is 1.07. The van der Waals surface area contributed by atoms with Gasteiger partial charge in [0.15, 0.2) is 0 Å². The largest absolute Gasteiger partial charge is 0.654 e. The molecule has 0 saturated heterocycles. The second kappa shape index (κ2) is 4.94. The fourth-order valence-corrected chi connectivity index (χ4v) is 1.94. The first-order valence-electron chi connectivity index (χ1n) is 4.65. The molecule has 0 fully saturated rings. The zero-order chi connectivity index (χ0) is 9.64. The van der Waals surface area contributed by atoms with Crippen molar-refractivity contribution in [2.45, 2.75) is 13.1 Å². The van der Waals surface area contributed by atoms with Crippen molar-refractivity contribution in [1.29, 1.82) is 0 Å². The van der Waals surface area contributed by atoms with E-state index in [-0.39, 0.29) is 0 Å². The summed E-state index contributed by atoms with van der Waals surface area (Å²) in [6.45, 7) is 1.66. The Morgan fingerprint density at radius 3 is 2.50 bits per heavy atom.